The lowest BCUT2D eigenvalue weighted by Crippen LogP contribution is -2.17. The third kappa shape index (κ3) is 5.47. The van der Waals surface area contributed by atoms with Gasteiger partial charge in [0.05, 0.1) is 10.5 Å². The van der Waals surface area contributed by atoms with Gasteiger partial charge in [-0.05, 0) is 66.9 Å². The normalized spacial score (nSPS) is 11.8. The molecule has 3 aromatic rings. The summed E-state index contributed by atoms with van der Waals surface area (Å²) < 4.78 is 66.8. The first kappa shape index (κ1) is 23.3. The molecule has 0 unspecified atom stereocenters. The molecule has 0 saturated carbocycles. The van der Waals surface area contributed by atoms with Crippen LogP contribution in [0.15, 0.2) is 71.6 Å². The van der Waals surface area contributed by atoms with Crippen LogP contribution in [0.4, 0.5) is 24.5 Å². The molecule has 3 rings (SSSR count). The van der Waals surface area contributed by atoms with Gasteiger partial charge in [-0.25, -0.2) is 8.42 Å². The third-order valence-electron chi connectivity index (χ3n) is 4.83. The van der Waals surface area contributed by atoms with Gasteiger partial charge >= 0.3 is 6.18 Å². The molecule has 0 aromatic heterocycles. The maximum Gasteiger partial charge on any atom is 0.416 e. The summed E-state index contributed by atoms with van der Waals surface area (Å²) >= 11 is 0. The summed E-state index contributed by atoms with van der Waals surface area (Å²) in [5, 5.41) is 2.40. The van der Waals surface area contributed by atoms with E-state index >= 15 is 0 Å². The van der Waals surface area contributed by atoms with E-state index in [1.54, 1.807) is 31.2 Å². The van der Waals surface area contributed by atoms with E-state index in [9.17, 15) is 26.4 Å². The van der Waals surface area contributed by atoms with Gasteiger partial charge in [-0.15, -0.1) is 0 Å². The minimum Gasteiger partial charge on any atom is -0.322 e. The Morgan fingerprint density at radius 2 is 1.62 bits per heavy atom. The Morgan fingerprint density at radius 1 is 0.938 bits per heavy atom. The van der Waals surface area contributed by atoms with Crippen molar-refractivity contribution in [3.05, 3.63) is 89.0 Å². The zero-order valence-electron chi connectivity index (χ0n) is 17.3. The van der Waals surface area contributed by atoms with Crippen molar-refractivity contribution in [2.24, 2.45) is 0 Å². The van der Waals surface area contributed by atoms with Crippen LogP contribution in [0.5, 0.6) is 0 Å². The predicted octanol–water partition coefficient (Wildman–Crippen LogP) is 5.63. The summed E-state index contributed by atoms with van der Waals surface area (Å²) in [7, 11) is -3.98. The summed E-state index contributed by atoms with van der Waals surface area (Å²) in [5.74, 6) is -0.717. The first-order chi connectivity index (χ1) is 15.0. The van der Waals surface area contributed by atoms with Crippen molar-refractivity contribution in [1.29, 1.82) is 0 Å². The van der Waals surface area contributed by atoms with Crippen LogP contribution in [0.25, 0.3) is 0 Å². The summed E-state index contributed by atoms with van der Waals surface area (Å²) in [4.78, 5) is 12.6. The molecule has 5 nitrogen and oxygen atoms in total. The number of sulfonamides is 1. The molecular formula is C23H21F3N2O3S. The van der Waals surface area contributed by atoms with Crippen molar-refractivity contribution in [2.75, 3.05) is 10.0 Å². The Balaban J connectivity index is 1.85. The lowest BCUT2D eigenvalue weighted by molar-refractivity contribution is -0.137. The SMILES string of the molecule is CCc1ccc(NS(=O)(=O)c2ccc(C)c(C(=O)Nc3cccc(C(F)(F)F)c3)c2)cc1. The number of alkyl halides is 3. The molecule has 0 saturated heterocycles. The highest BCUT2D eigenvalue weighted by atomic mass is 32.2. The molecule has 2 N–H and O–H groups in total. The van der Waals surface area contributed by atoms with Crippen LogP contribution >= 0.6 is 0 Å². The molecular weight excluding hydrogens is 441 g/mol. The zero-order valence-corrected chi connectivity index (χ0v) is 18.1. The van der Waals surface area contributed by atoms with Crippen molar-refractivity contribution < 1.29 is 26.4 Å². The number of carbonyl (C=O) groups excluding carboxylic acids is 1. The zero-order chi connectivity index (χ0) is 23.5. The molecule has 0 spiro atoms. The molecule has 32 heavy (non-hydrogen) atoms. The lowest BCUT2D eigenvalue weighted by Gasteiger charge is -2.13. The Kier molecular flexibility index (Phi) is 6.59. The van der Waals surface area contributed by atoms with Crippen molar-refractivity contribution in [3.63, 3.8) is 0 Å². The van der Waals surface area contributed by atoms with Gasteiger partial charge in [0.2, 0.25) is 0 Å². The quantitative estimate of drug-likeness (QED) is 0.499. The van der Waals surface area contributed by atoms with Crippen LogP contribution in [0.1, 0.15) is 34.0 Å². The van der Waals surface area contributed by atoms with Gasteiger partial charge < -0.3 is 5.32 Å². The minimum atomic E-state index is -4.55. The fourth-order valence-corrected chi connectivity index (χ4v) is 4.09. The highest BCUT2D eigenvalue weighted by Crippen LogP contribution is 2.31. The molecule has 0 radical (unpaired) electrons. The van der Waals surface area contributed by atoms with Gasteiger partial charge in [0.1, 0.15) is 0 Å². The van der Waals surface area contributed by atoms with Gasteiger partial charge in [0.25, 0.3) is 15.9 Å². The number of amides is 1. The summed E-state index contributed by atoms with van der Waals surface area (Å²) in [6, 6.07) is 15.1. The average molecular weight is 462 g/mol. The Bertz CT molecular complexity index is 1240. The first-order valence-electron chi connectivity index (χ1n) is 9.70. The number of carbonyl (C=O) groups is 1. The van der Waals surface area contributed by atoms with E-state index in [4.69, 9.17) is 0 Å². The number of anilines is 2. The van der Waals surface area contributed by atoms with Gasteiger partial charge in [-0.1, -0.05) is 31.2 Å². The molecule has 9 heteroatoms. The lowest BCUT2D eigenvalue weighted by atomic mass is 10.1. The van der Waals surface area contributed by atoms with Crippen molar-refractivity contribution in [2.45, 2.75) is 31.3 Å². The second-order valence-electron chi connectivity index (χ2n) is 7.17. The monoisotopic (exact) mass is 462 g/mol. The number of hydrogen-bond acceptors (Lipinski definition) is 3. The van der Waals surface area contributed by atoms with E-state index in [-0.39, 0.29) is 16.1 Å². The van der Waals surface area contributed by atoms with E-state index in [0.29, 0.717) is 11.3 Å². The summed E-state index contributed by atoms with van der Waals surface area (Å²) in [6.07, 6.45) is -3.74. The van der Waals surface area contributed by atoms with Crippen molar-refractivity contribution in [3.8, 4) is 0 Å². The maximum atomic E-state index is 12.9. The van der Waals surface area contributed by atoms with E-state index in [2.05, 4.69) is 10.0 Å². The Hall–Kier alpha value is -3.33. The van der Waals surface area contributed by atoms with Crippen LogP contribution in [0, 0.1) is 6.92 Å². The van der Waals surface area contributed by atoms with E-state index in [1.807, 2.05) is 6.92 Å². The number of aryl methyl sites for hydroxylation is 2. The van der Waals surface area contributed by atoms with Gasteiger partial charge in [0, 0.05) is 16.9 Å². The van der Waals surface area contributed by atoms with Crippen LogP contribution in [0.3, 0.4) is 0 Å². The largest absolute Gasteiger partial charge is 0.416 e. The second-order valence-corrected chi connectivity index (χ2v) is 8.85. The highest BCUT2D eigenvalue weighted by molar-refractivity contribution is 7.92. The molecule has 0 aliphatic rings. The number of benzene rings is 3. The predicted molar refractivity (Wildman–Crippen MR) is 117 cm³/mol. The number of nitrogens with one attached hydrogen (secondary N) is 2. The number of hydrogen-bond donors (Lipinski definition) is 2. The molecule has 0 bridgehead atoms. The molecule has 0 fully saturated rings. The van der Waals surface area contributed by atoms with Crippen LogP contribution < -0.4 is 10.0 Å². The van der Waals surface area contributed by atoms with Crippen molar-refractivity contribution >= 4 is 27.3 Å². The topological polar surface area (TPSA) is 75.3 Å². The van der Waals surface area contributed by atoms with Crippen LogP contribution in [0.2, 0.25) is 0 Å². The second kappa shape index (κ2) is 9.04. The highest BCUT2D eigenvalue weighted by Gasteiger charge is 2.30. The van der Waals surface area contributed by atoms with E-state index < -0.39 is 27.7 Å². The fourth-order valence-electron chi connectivity index (χ4n) is 3.01. The minimum absolute atomic E-state index is 0.0339. The van der Waals surface area contributed by atoms with E-state index in [1.165, 1.54) is 30.3 Å². The third-order valence-corrected chi connectivity index (χ3v) is 6.21. The molecule has 0 aliphatic carbocycles. The van der Waals surface area contributed by atoms with E-state index in [0.717, 1.165) is 24.1 Å². The smallest absolute Gasteiger partial charge is 0.322 e. The Labute approximate surface area is 184 Å². The number of rotatable bonds is 6. The van der Waals surface area contributed by atoms with Crippen LogP contribution in [-0.4, -0.2) is 14.3 Å². The molecule has 0 atom stereocenters. The van der Waals surface area contributed by atoms with Gasteiger partial charge in [-0.2, -0.15) is 13.2 Å². The summed E-state index contributed by atoms with van der Waals surface area (Å²) in [5.41, 5.74) is 0.982. The molecule has 168 valence electrons. The fraction of sp³-hybridized carbons (Fsp3) is 0.174. The first-order valence-corrected chi connectivity index (χ1v) is 11.2. The molecule has 3 aromatic carbocycles. The molecule has 0 heterocycles. The average Bonchev–Trinajstić information content (AvgIpc) is 2.73. The molecule has 1 amide bonds. The number of halogens is 3. The maximum absolute atomic E-state index is 12.9. The van der Waals surface area contributed by atoms with Gasteiger partial charge in [-0.3, -0.25) is 9.52 Å². The van der Waals surface area contributed by atoms with Crippen LogP contribution in [-0.2, 0) is 22.6 Å². The Morgan fingerprint density at radius 3 is 2.25 bits per heavy atom. The standard InChI is InChI=1S/C23H21F3N2O3S/c1-3-16-8-10-18(11-9-16)28-32(30,31)20-12-7-15(2)21(14-20)22(29)27-19-6-4-5-17(13-19)23(24,25)26/h4-14,28H,3H2,1-2H3,(H,27,29). The van der Waals surface area contributed by atoms with Gasteiger partial charge in [0.15, 0.2) is 0 Å². The molecule has 0 aliphatic heterocycles. The summed E-state index contributed by atoms with van der Waals surface area (Å²) in [6.45, 7) is 3.59. The van der Waals surface area contributed by atoms with Crippen molar-refractivity contribution in [1.82, 2.24) is 0 Å².